The first kappa shape index (κ1) is 11.2. The summed E-state index contributed by atoms with van der Waals surface area (Å²) in [5, 5.41) is 0. The van der Waals surface area contributed by atoms with Gasteiger partial charge in [0.15, 0.2) is 0 Å². The van der Waals surface area contributed by atoms with Gasteiger partial charge in [-0.25, -0.2) is 14.2 Å². The predicted octanol–water partition coefficient (Wildman–Crippen LogP) is 1.68. The highest BCUT2D eigenvalue weighted by atomic mass is 19.1. The molecule has 2 aliphatic rings. The largest absolute Gasteiger partial charge is 0.466 e. The molecule has 1 aliphatic heterocycles. The molecule has 1 atom stereocenters. The maximum Gasteiger partial charge on any atom is 0.349 e. The van der Waals surface area contributed by atoms with Gasteiger partial charge in [0.05, 0.1) is 7.11 Å². The zero-order valence-electron chi connectivity index (χ0n) is 9.85. The van der Waals surface area contributed by atoms with E-state index in [-0.39, 0.29) is 5.82 Å². The van der Waals surface area contributed by atoms with E-state index in [9.17, 15) is 9.18 Å². The number of hydrogen-bond donors (Lipinski definition) is 0. The van der Waals surface area contributed by atoms with Crippen molar-refractivity contribution in [3.8, 4) is 0 Å². The Labute approximate surface area is 103 Å². The number of nitrogens with zero attached hydrogens (tertiary/aromatic N) is 1. The normalized spacial score (nSPS) is 23.4. The standard InChI is InChI=1S/C13H12FNO3/c1-17-12(16)10-13(5-6-13)15-11(18-10)8-3-2-4-9(14)7-8/h2-4,7,10H,5-6H2,1H3. The first-order chi connectivity index (χ1) is 8.64. The second kappa shape index (κ2) is 3.80. The fourth-order valence-corrected chi connectivity index (χ4v) is 2.14. The van der Waals surface area contributed by atoms with Gasteiger partial charge in [0.25, 0.3) is 0 Å². The topological polar surface area (TPSA) is 47.9 Å². The summed E-state index contributed by atoms with van der Waals surface area (Å²) < 4.78 is 23.4. The number of methoxy groups -OCH3 is 1. The van der Waals surface area contributed by atoms with E-state index in [1.807, 2.05) is 0 Å². The molecule has 1 aromatic rings. The van der Waals surface area contributed by atoms with E-state index < -0.39 is 17.6 Å². The Morgan fingerprint density at radius 3 is 2.94 bits per heavy atom. The monoisotopic (exact) mass is 249 g/mol. The summed E-state index contributed by atoms with van der Waals surface area (Å²) in [4.78, 5) is 16.0. The third-order valence-electron chi connectivity index (χ3n) is 3.29. The number of esters is 1. The molecule has 0 bridgehead atoms. The van der Waals surface area contributed by atoms with E-state index in [1.54, 1.807) is 12.1 Å². The minimum Gasteiger partial charge on any atom is -0.466 e. The highest BCUT2D eigenvalue weighted by Gasteiger charge is 2.59. The van der Waals surface area contributed by atoms with E-state index in [0.29, 0.717) is 11.5 Å². The predicted molar refractivity (Wildman–Crippen MR) is 61.8 cm³/mol. The van der Waals surface area contributed by atoms with Crippen molar-refractivity contribution in [2.75, 3.05) is 7.11 Å². The van der Waals surface area contributed by atoms with E-state index in [4.69, 9.17) is 9.47 Å². The van der Waals surface area contributed by atoms with E-state index in [2.05, 4.69) is 4.99 Å². The second-order valence-corrected chi connectivity index (χ2v) is 4.55. The minimum atomic E-state index is -0.694. The summed E-state index contributed by atoms with van der Waals surface area (Å²) in [6.45, 7) is 0. The summed E-state index contributed by atoms with van der Waals surface area (Å²) in [5.41, 5.74) is 0.0713. The number of carbonyl (C=O) groups is 1. The van der Waals surface area contributed by atoms with Crippen LogP contribution in [0.5, 0.6) is 0 Å². The smallest absolute Gasteiger partial charge is 0.349 e. The van der Waals surface area contributed by atoms with Gasteiger partial charge in [-0.2, -0.15) is 0 Å². The molecule has 1 aliphatic carbocycles. The van der Waals surface area contributed by atoms with Crippen LogP contribution in [-0.2, 0) is 14.3 Å². The molecule has 3 rings (SSSR count). The summed E-state index contributed by atoms with van der Waals surface area (Å²) in [5.74, 6) is -0.463. The number of aliphatic imine (C=N–C) groups is 1. The number of carbonyl (C=O) groups excluding carboxylic acids is 1. The summed E-state index contributed by atoms with van der Waals surface area (Å²) in [6.07, 6.45) is 0.901. The average Bonchev–Trinajstić information content (AvgIpc) is 3.02. The van der Waals surface area contributed by atoms with Crippen molar-refractivity contribution in [2.24, 2.45) is 4.99 Å². The molecule has 0 aromatic heterocycles. The van der Waals surface area contributed by atoms with Crippen LogP contribution in [0.15, 0.2) is 29.3 Å². The van der Waals surface area contributed by atoms with Crippen LogP contribution in [0.1, 0.15) is 18.4 Å². The van der Waals surface area contributed by atoms with E-state index in [0.717, 1.165) is 12.8 Å². The van der Waals surface area contributed by atoms with Crippen molar-refractivity contribution in [3.05, 3.63) is 35.6 Å². The molecule has 1 aromatic carbocycles. The van der Waals surface area contributed by atoms with Crippen LogP contribution in [0.4, 0.5) is 4.39 Å². The molecular weight excluding hydrogens is 237 g/mol. The van der Waals surface area contributed by atoms with Gasteiger partial charge in [-0.05, 0) is 31.0 Å². The van der Waals surface area contributed by atoms with Crippen molar-refractivity contribution in [1.29, 1.82) is 0 Å². The quantitative estimate of drug-likeness (QED) is 0.749. The maximum absolute atomic E-state index is 13.1. The molecule has 94 valence electrons. The van der Waals surface area contributed by atoms with Crippen LogP contribution >= 0.6 is 0 Å². The molecule has 4 nitrogen and oxygen atoms in total. The molecule has 0 N–H and O–H groups in total. The van der Waals surface area contributed by atoms with Crippen LogP contribution in [0.2, 0.25) is 0 Å². The van der Waals surface area contributed by atoms with Gasteiger partial charge in [-0.15, -0.1) is 0 Å². The minimum absolute atomic E-state index is 0.322. The number of ether oxygens (including phenoxy) is 2. The Morgan fingerprint density at radius 1 is 1.56 bits per heavy atom. The second-order valence-electron chi connectivity index (χ2n) is 4.55. The Kier molecular flexibility index (Phi) is 2.36. The van der Waals surface area contributed by atoms with Crippen molar-refractivity contribution in [2.45, 2.75) is 24.5 Å². The SMILES string of the molecule is COC(=O)C1OC(c2cccc(F)c2)=NC12CC2. The molecular formula is C13H12FNO3. The maximum atomic E-state index is 13.1. The van der Waals surface area contributed by atoms with Crippen molar-refractivity contribution >= 4 is 11.9 Å². The third kappa shape index (κ3) is 1.66. The summed E-state index contributed by atoms with van der Waals surface area (Å²) in [6, 6.07) is 5.98. The zero-order valence-corrected chi connectivity index (χ0v) is 9.85. The molecule has 18 heavy (non-hydrogen) atoms. The lowest BCUT2D eigenvalue weighted by molar-refractivity contribution is -0.149. The fourth-order valence-electron chi connectivity index (χ4n) is 2.14. The van der Waals surface area contributed by atoms with E-state index >= 15 is 0 Å². The molecule has 0 radical (unpaired) electrons. The molecule has 1 spiro atoms. The molecule has 5 heteroatoms. The van der Waals surface area contributed by atoms with E-state index in [1.165, 1.54) is 19.2 Å². The van der Waals surface area contributed by atoms with Crippen LogP contribution in [0.25, 0.3) is 0 Å². The molecule has 1 unspecified atom stereocenters. The van der Waals surface area contributed by atoms with Gasteiger partial charge in [0.2, 0.25) is 12.0 Å². The van der Waals surface area contributed by atoms with Crippen molar-refractivity contribution in [1.82, 2.24) is 0 Å². The molecule has 1 fully saturated rings. The van der Waals surface area contributed by atoms with Crippen LogP contribution in [0, 0.1) is 5.82 Å². The Balaban J connectivity index is 1.91. The first-order valence-corrected chi connectivity index (χ1v) is 5.75. The highest BCUT2D eigenvalue weighted by molar-refractivity contribution is 5.98. The summed E-state index contributed by atoms with van der Waals surface area (Å²) >= 11 is 0. The lowest BCUT2D eigenvalue weighted by atomic mass is 10.1. The first-order valence-electron chi connectivity index (χ1n) is 5.75. The van der Waals surface area contributed by atoms with Gasteiger partial charge < -0.3 is 9.47 Å². The molecule has 0 saturated heterocycles. The van der Waals surface area contributed by atoms with Crippen LogP contribution in [0.3, 0.4) is 0 Å². The Hall–Kier alpha value is -1.91. The number of hydrogen-bond acceptors (Lipinski definition) is 4. The Morgan fingerprint density at radius 2 is 2.33 bits per heavy atom. The molecule has 1 heterocycles. The number of benzene rings is 1. The molecule has 1 saturated carbocycles. The van der Waals surface area contributed by atoms with Crippen LogP contribution in [-0.4, -0.2) is 30.6 Å². The van der Waals surface area contributed by atoms with Crippen LogP contribution < -0.4 is 0 Å². The Bertz CT molecular complexity index is 537. The number of halogens is 1. The summed E-state index contributed by atoms with van der Waals surface area (Å²) in [7, 11) is 1.32. The zero-order chi connectivity index (χ0) is 12.8. The highest BCUT2D eigenvalue weighted by Crippen LogP contribution is 2.48. The van der Waals surface area contributed by atoms with Gasteiger partial charge in [0, 0.05) is 5.56 Å². The van der Waals surface area contributed by atoms with Gasteiger partial charge in [-0.3, -0.25) is 0 Å². The van der Waals surface area contributed by atoms with Crippen molar-refractivity contribution in [3.63, 3.8) is 0 Å². The van der Waals surface area contributed by atoms with Gasteiger partial charge >= 0.3 is 5.97 Å². The van der Waals surface area contributed by atoms with Gasteiger partial charge in [0.1, 0.15) is 11.4 Å². The fraction of sp³-hybridized carbons (Fsp3) is 0.385. The molecule has 0 amide bonds. The van der Waals surface area contributed by atoms with Gasteiger partial charge in [-0.1, -0.05) is 6.07 Å². The number of rotatable bonds is 2. The lowest BCUT2D eigenvalue weighted by Crippen LogP contribution is -2.34. The lowest BCUT2D eigenvalue weighted by Gasteiger charge is -2.13. The average molecular weight is 249 g/mol. The van der Waals surface area contributed by atoms with Crippen molar-refractivity contribution < 1.29 is 18.7 Å². The third-order valence-corrected chi connectivity index (χ3v) is 3.29.